The second kappa shape index (κ2) is 27.3. The topological polar surface area (TPSA) is 229 Å². The standard InChI is InChI=1S/C21H31ClN4O4.C17H23ClN2O5.C4H10N2/c1-21(2,3)30-20(29)24-9-8-18(27)25-17(14-15-4-6-16(22)7-5-15)19(28)26-12-10-23-11-13-26;1-17(2,3)25-16(24)19-9-8-14(21)20-13(15(22)23)10-11-4-6-12(18)7-5-11;1-2-6-4-3-5-1/h4-7,17,23H,8-14H2,1-3H3,(H,24,29)(H,25,27);4-7,13H,8-10H2,1-3H3,(H,19,24)(H,20,21)(H,22,23);5-6H,1-4H2. The van der Waals surface area contributed by atoms with Crippen LogP contribution in [0.15, 0.2) is 48.5 Å². The number of benzene rings is 2. The third-order valence-electron chi connectivity index (χ3n) is 8.40. The summed E-state index contributed by atoms with van der Waals surface area (Å²) in [6.07, 6.45) is -0.710. The van der Waals surface area contributed by atoms with Gasteiger partial charge in [-0.05, 0) is 76.9 Å². The summed E-state index contributed by atoms with van der Waals surface area (Å²) in [6, 6.07) is 12.2. The third-order valence-corrected chi connectivity index (χ3v) is 8.90. The van der Waals surface area contributed by atoms with Crippen LogP contribution in [0.4, 0.5) is 9.59 Å². The smallest absolute Gasteiger partial charge is 0.407 e. The van der Waals surface area contributed by atoms with Crippen LogP contribution in [-0.4, -0.2) is 135 Å². The van der Waals surface area contributed by atoms with Crippen LogP contribution in [0.1, 0.15) is 65.5 Å². The maximum atomic E-state index is 13.0. The van der Waals surface area contributed by atoms with Gasteiger partial charge in [-0.15, -0.1) is 0 Å². The monoisotopic (exact) mass is 894 g/mol. The highest BCUT2D eigenvalue weighted by atomic mass is 35.5. The molecule has 4 rings (SSSR count). The Hall–Kier alpha value is -4.68. The summed E-state index contributed by atoms with van der Waals surface area (Å²) in [5.41, 5.74) is 0.412. The number of carboxylic acid groups (broad SMARTS) is 1. The fourth-order valence-electron chi connectivity index (χ4n) is 5.54. The van der Waals surface area contributed by atoms with Crippen molar-refractivity contribution in [3.05, 3.63) is 69.7 Å². The molecule has 2 atom stereocenters. The van der Waals surface area contributed by atoms with Gasteiger partial charge in [0, 0.05) is 101 Å². The predicted octanol–water partition coefficient (Wildman–Crippen LogP) is 3.26. The fraction of sp³-hybridized carbons (Fsp3) is 0.571. The van der Waals surface area contributed by atoms with Crippen molar-refractivity contribution in [2.75, 3.05) is 65.4 Å². The Morgan fingerprint density at radius 1 is 0.623 bits per heavy atom. The molecule has 0 radical (unpaired) electrons. The summed E-state index contributed by atoms with van der Waals surface area (Å²) in [5.74, 6) is -2.03. The SMILES string of the molecule is C1CNCCN1.CC(C)(C)OC(=O)NCCC(=O)NC(Cc1ccc(Cl)cc1)C(=O)N1CCNCC1.CC(C)(C)OC(=O)NCCC(=O)NC(Cc1ccc(Cl)cc1)C(=O)O. The van der Waals surface area contributed by atoms with Gasteiger partial charge in [0.25, 0.3) is 0 Å². The van der Waals surface area contributed by atoms with Crippen LogP contribution in [0.3, 0.4) is 0 Å². The lowest BCUT2D eigenvalue weighted by atomic mass is 10.0. The number of halogens is 2. The molecule has 0 saturated carbocycles. The van der Waals surface area contributed by atoms with E-state index in [9.17, 15) is 33.9 Å². The van der Waals surface area contributed by atoms with Gasteiger partial charge in [-0.1, -0.05) is 47.5 Å². The molecule has 8 N–H and O–H groups in total. The zero-order valence-corrected chi connectivity index (χ0v) is 37.6. The maximum Gasteiger partial charge on any atom is 0.407 e. The van der Waals surface area contributed by atoms with Gasteiger partial charge in [0.05, 0.1) is 0 Å². The molecular formula is C42H64Cl2N8O9. The minimum atomic E-state index is -1.14. The molecule has 2 unspecified atom stereocenters. The molecule has 2 aromatic rings. The zero-order chi connectivity index (χ0) is 45.4. The number of hydrogen-bond acceptors (Lipinski definition) is 11. The largest absolute Gasteiger partial charge is 0.480 e. The van der Waals surface area contributed by atoms with E-state index in [1.807, 2.05) is 12.1 Å². The Kier molecular flexibility index (Phi) is 23.5. The summed E-state index contributed by atoms with van der Waals surface area (Å²) < 4.78 is 10.2. The van der Waals surface area contributed by atoms with Crippen molar-refractivity contribution in [1.29, 1.82) is 0 Å². The first kappa shape index (κ1) is 52.5. The van der Waals surface area contributed by atoms with E-state index in [1.165, 1.54) is 0 Å². The fourth-order valence-corrected chi connectivity index (χ4v) is 5.79. The molecule has 2 saturated heterocycles. The van der Waals surface area contributed by atoms with Crippen molar-refractivity contribution in [2.24, 2.45) is 0 Å². The number of hydrogen-bond donors (Lipinski definition) is 8. The minimum absolute atomic E-state index is 0.0468. The lowest BCUT2D eigenvalue weighted by Crippen LogP contribution is -2.55. The molecule has 2 heterocycles. The molecule has 0 aromatic heterocycles. The Morgan fingerprint density at radius 2 is 0.984 bits per heavy atom. The molecule has 61 heavy (non-hydrogen) atoms. The first-order chi connectivity index (χ1) is 28.7. The van der Waals surface area contributed by atoms with E-state index in [1.54, 1.807) is 82.8 Å². The summed E-state index contributed by atoms with van der Waals surface area (Å²) >= 11 is 11.7. The second-order valence-electron chi connectivity index (χ2n) is 16.2. The quantitative estimate of drug-likeness (QED) is 0.137. The molecule has 5 amide bonds. The molecule has 2 aromatic carbocycles. The van der Waals surface area contributed by atoms with Gasteiger partial charge in [0.15, 0.2) is 0 Å². The van der Waals surface area contributed by atoms with Crippen LogP contribution in [0.25, 0.3) is 0 Å². The molecule has 19 heteroatoms. The number of nitrogens with zero attached hydrogens (tertiary/aromatic N) is 1. The summed E-state index contributed by atoms with van der Waals surface area (Å²) in [7, 11) is 0. The van der Waals surface area contributed by atoms with Crippen LogP contribution >= 0.6 is 23.2 Å². The lowest BCUT2D eigenvalue weighted by molar-refractivity contribution is -0.141. The Bertz CT molecular complexity index is 1670. The van der Waals surface area contributed by atoms with Crippen molar-refractivity contribution in [3.63, 3.8) is 0 Å². The number of amides is 5. The normalized spacial score (nSPS) is 14.9. The van der Waals surface area contributed by atoms with Crippen LogP contribution < -0.4 is 37.2 Å². The molecule has 2 aliphatic heterocycles. The zero-order valence-electron chi connectivity index (χ0n) is 36.1. The highest BCUT2D eigenvalue weighted by Gasteiger charge is 2.27. The third kappa shape index (κ3) is 25.0. The first-order valence-corrected chi connectivity index (χ1v) is 21.1. The van der Waals surface area contributed by atoms with Gasteiger partial charge in [-0.2, -0.15) is 0 Å². The molecular weight excluding hydrogens is 831 g/mol. The van der Waals surface area contributed by atoms with E-state index >= 15 is 0 Å². The van der Waals surface area contributed by atoms with Crippen molar-refractivity contribution < 1.29 is 43.3 Å². The van der Waals surface area contributed by atoms with Gasteiger partial charge in [0.2, 0.25) is 17.7 Å². The lowest BCUT2D eigenvalue weighted by Gasteiger charge is -2.31. The Labute approximate surface area is 369 Å². The number of piperazine rings is 2. The second-order valence-corrected chi connectivity index (χ2v) is 17.0. The van der Waals surface area contributed by atoms with E-state index in [0.717, 1.165) is 50.4 Å². The average molecular weight is 896 g/mol. The van der Waals surface area contributed by atoms with Crippen LogP contribution in [0, 0.1) is 0 Å². The molecule has 2 aliphatic rings. The number of aliphatic carboxylic acids is 1. The summed E-state index contributed by atoms with van der Waals surface area (Å²) in [6.45, 7) is 17.9. The van der Waals surface area contributed by atoms with Crippen LogP contribution in [-0.2, 0) is 41.5 Å². The van der Waals surface area contributed by atoms with E-state index in [4.69, 9.17) is 32.7 Å². The van der Waals surface area contributed by atoms with Gasteiger partial charge >= 0.3 is 18.2 Å². The summed E-state index contributed by atoms with van der Waals surface area (Å²) in [5, 5.41) is 30.3. The van der Waals surface area contributed by atoms with Crippen LogP contribution in [0.5, 0.6) is 0 Å². The average Bonchev–Trinajstić information content (AvgIpc) is 3.19. The Balaban J connectivity index is 0.000000373. The van der Waals surface area contributed by atoms with Crippen molar-refractivity contribution in [1.82, 2.24) is 42.1 Å². The first-order valence-electron chi connectivity index (χ1n) is 20.4. The van der Waals surface area contributed by atoms with Gasteiger partial charge < -0.3 is 56.7 Å². The van der Waals surface area contributed by atoms with Crippen molar-refractivity contribution in [2.45, 2.75) is 90.5 Å². The van der Waals surface area contributed by atoms with E-state index in [2.05, 4.69) is 37.2 Å². The number of nitrogens with one attached hydrogen (secondary N) is 7. The molecule has 0 spiro atoms. The number of rotatable bonds is 14. The van der Waals surface area contributed by atoms with Gasteiger partial charge in [-0.3, -0.25) is 14.4 Å². The number of carbonyl (C=O) groups excluding carboxylic acids is 5. The predicted molar refractivity (Wildman–Crippen MR) is 235 cm³/mol. The van der Waals surface area contributed by atoms with E-state index < -0.39 is 47.3 Å². The van der Waals surface area contributed by atoms with Crippen LogP contribution in [0.2, 0.25) is 10.0 Å². The summed E-state index contributed by atoms with van der Waals surface area (Å²) in [4.78, 5) is 73.6. The maximum absolute atomic E-state index is 13.0. The molecule has 340 valence electrons. The molecule has 0 bridgehead atoms. The number of carboxylic acids is 1. The highest BCUT2D eigenvalue weighted by Crippen LogP contribution is 2.14. The highest BCUT2D eigenvalue weighted by molar-refractivity contribution is 6.30. The van der Waals surface area contributed by atoms with Gasteiger partial charge in [0.1, 0.15) is 23.3 Å². The minimum Gasteiger partial charge on any atom is -0.480 e. The molecule has 17 nitrogen and oxygen atoms in total. The number of alkyl carbamates (subject to hydrolysis) is 2. The molecule has 0 aliphatic carbocycles. The Morgan fingerprint density at radius 3 is 1.34 bits per heavy atom. The van der Waals surface area contributed by atoms with Gasteiger partial charge in [-0.25, -0.2) is 14.4 Å². The van der Waals surface area contributed by atoms with Crippen molar-refractivity contribution >= 4 is 59.1 Å². The van der Waals surface area contributed by atoms with Crippen molar-refractivity contribution in [3.8, 4) is 0 Å². The number of ether oxygens (including phenoxy) is 2. The van der Waals surface area contributed by atoms with E-state index in [0.29, 0.717) is 29.6 Å². The number of carbonyl (C=O) groups is 6. The molecule has 2 fully saturated rings. The van der Waals surface area contributed by atoms with E-state index in [-0.39, 0.29) is 44.2 Å².